The molecule has 1 aromatic carbocycles. The molecule has 4 heteroatoms. The third-order valence-electron chi connectivity index (χ3n) is 6.93. The molecule has 1 aromatic rings. The van der Waals surface area contributed by atoms with E-state index in [0.29, 0.717) is 12.5 Å². The van der Waals surface area contributed by atoms with Crippen molar-refractivity contribution in [2.75, 3.05) is 13.7 Å². The molecule has 0 bridgehead atoms. The van der Waals surface area contributed by atoms with Crippen LogP contribution in [0.1, 0.15) is 45.1 Å². The van der Waals surface area contributed by atoms with Gasteiger partial charge in [-0.3, -0.25) is 4.79 Å². The first-order valence-corrected chi connectivity index (χ1v) is 10.3. The lowest BCUT2D eigenvalue weighted by atomic mass is 9.59. The van der Waals surface area contributed by atoms with E-state index >= 15 is 0 Å². The number of allylic oxidation sites excluding steroid dienone is 1. The number of rotatable bonds is 5. The Labute approximate surface area is 162 Å². The molecule has 2 aliphatic carbocycles. The number of esters is 1. The molecule has 4 rings (SSSR count). The van der Waals surface area contributed by atoms with E-state index in [1.54, 1.807) is 12.7 Å². The Morgan fingerprint density at radius 1 is 1.30 bits per heavy atom. The van der Waals surface area contributed by atoms with Crippen molar-refractivity contribution in [1.82, 2.24) is 5.32 Å². The molecule has 0 aromatic heterocycles. The summed E-state index contributed by atoms with van der Waals surface area (Å²) in [4.78, 5) is 12.6. The highest BCUT2D eigenvalue weighted by Crippen LogP contribution is 2.53. The fourth-order valence-electron chi connectivity index (χ4n) is 5.40. The van der Waals surface area contributed by atoms with E-state index in [9.17, 15) is 4.79 Å². The molecule has 0 amide bonds. The lowest BCUT2D eigenvalue weighted by Crippen LogP contribution is -2.40. The average Bonchev–Trinajstić information content (AvgIpc) is 2.95. The lowest BCUT2D eigenvalue weighted by molar-refractivity contribution is -0.145. The summed E-state index contributed by atoms with van der Waals surface area (Å²) in [5.41, 5.74) is 2.99. The molecule has 1 saturated heterocycles. The van der Waals surface area contributed by atoms with Crippen LogP contribution in [0.5, 0.6) is 5.75 Å². The van der Waals surface area contributed by atoms with Crippen LogP contribution in [-0.4, -0.2) is 25.7 Å². The Hall–Kier alpha value is -1.81. The summed E-state index contributed by atoms with van der Waals surface area (Å²) in [6.45, 7) is 6.13. The third kappa shape index (κ3) is 3.52. The van der Waals surface area contributed by atoms with Crippen LogP contribution in [0.2, 0.25) is 0 Å². The Balaban J connectivity index is 1.43. The van der Waals surface area contributed by atoms with Gasteiger partial charge in [-0.05, 0) is 48.3 Å². The van der Waals surface area contributed by atoms with Crippen molar-refractivity contribution in [3.63, 3.8) is 0 Å². The Bertz CT molecular complexity index is 726. The molecule has 1 aliphatic heterocycles. The molecule has 146 valence electrons. The standard InChI is InChI=1S/C23H31NO3/c1-15-5-4-10-23(2)12-21-18(11-20(15)23)19(22(25)27-21)14-24-13-16-6-8-17(26-3)9-7-16/h6-9,11,15,18-19,21,24H,4-5,10,12-14H2,1-3H3/t15-,18+,19-,21+,23+/m0/s1. The van der Waals surface area contributed by atoms with Crippen LogP contribution >= 0.6 is 0 Å². The van der Waals surface area contributed by atoms with Crippen molar-refractivity contribution in [1.29, 1.82) is 0 Å². The topological polar surface area (TPSA) is 47.6 Å². The number of hydrogen-bond donors (Lipinski definition) is 1. The second kappa shape index (κ2) is 7.31. The molecule has 1 N–H and O–H groups in total. The van der Waals surface area contributed by atoms with E-state index < -0.39 is 0 Å². The van der Waals surface area contributed by atoms with Gasteiger partial charge >= 0.3 is 5.97 Å². The summed E-state index contributed by atoms with van der Waals surface area (Å²) in [5, 5.41) is 3.47. The molecule has 0 radical (unpaired) electrons. The fraction of sp³-hybridized carbons (Fsp3) is 0.609. The summed E-state index contributed by atoms with van der Waals surface area (Å²) in [6, 6.07) is 8.04. The molecular weight excluding hydrogens is 338 g/mol. The zero-order chi connectivity index (χ0) is 19.0. The van der Waals surface area contributed by atoms with Gasteiger partial charge in [0.1, 0.15) is 11.9 Å². The summed E-state index contributed by atoms with van der Waals surface area (Å²) in [5.74, 6) is 1.62. The molecule has 0 unspecified atom stereocenters. The number of nitrogens with one attached hydrogen (secondary N) is 1. The van der Waals surface area contributed by atoms with Crippen LogP contribution in [0, 0.1) is 23.2 Å². The van der Waals surface area contributed by atoms with Gasteiger partial charge in [0.2, 0.25) is 0 Å². The van der Waals surface area contributed by atoms with E-state index in [2.05, 4.69) is 37.4 Å². The zero-order valence-electron chi connectivity index (χ0n) is 16.7. The number of fused-ring (bicyclic) bond motifs is 2. The number of carbonyl (C=O) groups is 1. The third-order valence-corrected chi connectivity index (χ3v) is 6.93. The predicted molar refractivity (Wildman–Crippen MR) is 105 cm³/mol. The van der Waals surface area contributed by atoms with E-state index in [0.717, 1.165) is 18.7 Å². The van der Waals surface area contributed by atoms with E-state index in [1.165, 1.54) is 24.8 Å². The number of carbonyl (C=O) groups excluding carboxylic acids is 1. The SMILES string of the molecule is COc1ccc(CNC[C@@H]2C(=O)O[C@@H]3C[C@@]4(C)CCC[C@H](C)C4=C[C@H]23)cc1. The molecular formula is C23H31NO3. The van der Waals surface area contributed by atoms with Crippen LogP contribution in [0.25, 0.3) is 0 Å². The lowest BCUT2D eigenvalue weighted by Gasteiger charge is -2.46. The average molecular weight is 370 g/mol. The van der Waals surface area contributed by atoms with Crippen LogP contribution in [0.3, 0.4) is 0 Å². The Morgan fingerprint density at radius 3 is 2.81 bits per heavy atom. The van der Waals surface area contributed by atoms with Gasteiger partial charge in [0, 0.05) is 19.0 Å². The number of methoxy groups -OCH3 is 1. The predicted octanol–water partition coefficient (Wildman–Crippen LogP) is 4.10. The Kier molecular flexibility index (Phi) is 5.02. The largest absolute Gasteiger partial charge is 0.497 e. The van der Waals surface area contributed by atoms with Crippen LogP contribution in [-0.2, 0) is 16.1 Å². The molecule has 2 fully saturated rings. The van der Waals surface area contributed by atoms with Gasteiger partial charge in [0.15, 0.2) is 0 Å². The summed E-state index contributed by atoms with van der Waals surface area (Å²) >= 11 is 0. The van der Waals surface area contributed by atoms with Crippen molar-refractivity contribution < 1.29 is 14.3 Å². The monoisotopic (exact) mass is 369 g/mol. The highest BCUT2D eigenvalue weighted by molar-refractivity contribution is 5.76. The maximum absolute atomic E-state index is 12.6. The Morgan fingerprint density at radius 2 is 2.07 bits per heavy atom. The molecule has 5 atom stereocenters. The molecule has 0 spiro atoms. The first kappa shape index (κ1) is 18.5. The quantitative estimate of drug-likeness (QED) is 0.627. The highest BCUT2D eigenvalue weighted by Gasteiger charge is 2.51. The number of benzene rings is 1. The maximum atomic E-state index is 12.6. The van der Waals surface area contributed by atoms with Crippen molar-refractivity contribution in [2.45, 2.75) is 52.2 Å². The normalized spacial score (nSPS) is 35.1. The van der Waals surface area contributed by atoms with Crippen LogP contribution in [0.4, 0.5) is 0 Å². The van der Waals surface area contributed by atoms with Gasteiger partial charge in [0.05, 0.1) is 13.0 Å². The van der Waals surface area contributed by atoms with Gasteiger partial charge in [0.25, 0.3) is 0 Å². The van der Waals surface area contributed by atoms with Gasteiger partial charge in [-0.2, -0.15) is 0 Å². The molecule has 4 nitrogen and oxygen atoms in total. The summed E-state index contributed by atoms with van der Waals surface area (Å²) < 4.78 is 11.0. The number of ether oxygens (including phenoxy) is 2. The minimum atomic E-state index is -0.0700. The van der Waals surface area contributed by atoms with Gasteiger partial charge in [-0.15, -0.1) is 0 Å². The number of hydrogen-bond acceptors (Lipinski definition) is 4. The second-order valence-corrected chi connectivity index (χ2v) is 8.82. The second-order valence-electron chi connectivity index (χ2n) is 8.82. The fourth-order valence-corrected chi connectivity index (χ4v) is 5.40. The van der Waals surface area contributed by atoms with Gasteiger partial charge in [-0.1, -0.05) is 44.1 Å². The summed E-state index contributed by atoms with van der Waals surface area (Å²) in [7, 11) is 1.67. The van der Waals surface area contributed by atoms with E-state index in [1.807, 2.05) is 12.1 Å². The van der Waals surface area contributed by atoms with Crippen molar-refractivity contribution >= 4 is 5.97 Å². The first-order chi connectivity index (χ1) is 13.0. The zero-order valence-corrected chi connectivity index (χ0v) is 16.7. The van der Waals surface area contributed by atoms with E-state index in [-0.39, 0.29) is 29.3 Å². The smallest absolute Gasteiger partial charge is 0.311 e. The first-order valence-electron chi connectivity index (χ1n) is 10.3. The molecule has 3 aliphatic rings. The highest BCUT2D eigenvalue weighted by atomic mass is 16.6. The van der Waals surface area contributed by atoms with Crippen molar-refractivity contribution in [2.24, 2.45) is 23.2 Å². The van der Waals surface area contributed by atoms with E-state index in [4.69, 9.17) is 9.47 Å². The van der Waals surface area contributed by atoms with Gasteiger partial charge in [-0.25, -0.2) is 0 Å². The van der Waals surface area contributed by atoms with Crippen LogP contribution < -0.4 is 10.1 Å². The summed E-state index contributed by atoms with van der Waals surface area (Å²) in [6.07, 6.45) is 7.26. The van der Waals surface area contributed by atoms with Crippen molar-refractivity contribution in [3.05, 3.63) is 41.5 Å². The minimum Gasteiger partial charge on any atom is -0.497 e. The minimum absolute atomic E-state index is 0.0287. The van der Waals surface area contributed by atoms with Crippen molar-refractivity contribution in [3.8, 4) is 5.75 Å². The molecule has 27 heavy (non-hydrogen) atoms. The van der Waals surface area contributed by atoms with Crippen LogP contribution in [0.15, 0.2) is 35.9 Å². The maximum Gasteiger partial charge on any atom is 0.311 e. The molecule has 1 saturated carbocycles. The van der Waals surface area contributed by atoms with Gasteiger partial charge < -0.3 is 14.8 Å². The molecule has 1 heterocycles.